The number of benzene rings is 2. The van der Waals surface area contributed by atoms with E-state index in [0.717, 1.165) is 24.8 Å². The lowest BCUT2D eigenvalue weighted by atomic mass is 10.1. The van der Waals surface area contributed by atoms with Gasteiger partial charge in [-0.05, 0) is 31.0 Å². The van der Waals surface area contributed by atoms with Gasteiger partial charge in [0.15, 0.2) is 0 Å². The summed E-state index contributed by atoms with van der Waals surface area (Å²) >= 11 is 0. The molecule has 25 heavy (non-hydrogen) atoms. The van der Waals surface area contributed by atoms with E-state index < -0.39 is 10.9 Å². The highest BCUT2D eigenvalue weighted by Crippen LogP contribution is 2.32. The van der Waals surface area contributed by atoms with E-state index in [1.807, 2.05) is 18.2 Å². The molecule has 1 heterocycles. The zero-order valence-corrected chi connectivity index (χ0v) is 13.8. The summed E-state index contributed by atoms with van der Waals surface area (Å²) in [5.41, 5.74) is 0.873. The standard InChI is InChI=1S/C18H18N2O5/c1-24-18(21)16-12-14(20(22)23)7-8-17(16)25-15-6-4-5-13(11-15)19-9-2-3-10-19/h4-8,11-12H,2-3,9-10H2,1H3. The van der Waals surface area contributed by atoms with Crippen molar-refractivity contribution >= 4 is 17.3 Å². The molecular formula is C18H18N2O5. The number of hydrogen-bond donors (Lipinski definition) is 0. The van der Waals surface area contributed by atoms with Crippen LogP contribution in [0.1, 0.15) is 23.2 Å². The molecule has 1 fully saturated rings. The fraction of sp³-hybridized carbons (Fsp3) is 0.278. The van der Waals surface area contributed by atoms with Crippen molar-refractivity contribution in [1.29, 1.82) is 0 Å². The van der Waals surface area contributed by atoms with Crippen LogP contribution in [0.15, 0.2) is 42.5 Å². The molecule has 1 aliphatic rings. The topological polar surface area (TPSA) is 81.9 Å². The van der Waals surface area contributed by atoms with Crippen molar-refractivity contribution in [3.63, 3.8) is 0 Å². The molecule has 7 heteroatoms. The molecule has 1 saturated heterocycles. The predicted octanol–water partition coefficient (Wildman–Crippen LogP) is 3.77. The van der Waals surface area contributed by atoms with E-state index >= 15 is 0 Å². The highest BCUT2D eigenvalue weighted by molar-refractivity contribution is 5.93. The first-order valence-corrected chi connectivity index (χ1v) is 7.98. The number of hydrogen-bond acceptors (Lipinski definition) is 6. The summed E-state index contributed by atoms with van der Waals surface area (Å²) < 4.78 is 10.5. The van der Waals surface area contributed by atoms with Crippen molar-refractivity contribution in [2.24, 2.45) is 0 Å². The van der Waals surface area contributed by atoms with Crippen molar-refractivity contribution < 1.29 is 19.2 Å². The van der Waals surface area contributed by atoms with Crippen LogP contribution in [0, 0.1) is 10.1 Å². The number of anilines is 1. The smallest absolute Gasteiger partial charge is 0.341 e. The normalized spacial score (nSPS) is 13.6. The summed E-state index contributed by atoms with van der Waals surface area (Å²) in [5.74, 6) is 0.0915. The number of nitro benzene ring substituents is 1. The number of esters is 1. The quantitative estimate of drug-likeness (QED) is 0.467. The zero-order chi connectivity index (χ0) is 17.8. The lowest BCUT2D eigenvalue weighted by molar-refractivity contribution is -0.384. The van der Waals surface area contributed by atoms with Gasteiger partial charge in [-0.25, -0.2) is 4.79 Å². The highest BCUT2D eigenvalue weighted by atomic mass is 16.6. The maximum Gasteiger partial charge on any atom is 0.341 e. The lowest BCUT2D eigenvalue weighted by Crippen LogP contribution is -2.17. The number of carbonyl (C=O) groups excluding carboxylic acids is 1. The van der Waals surface area contributed by atoms with Gasteiger partial charge in [0.2, 0.25) is 0 Å². The van der Waals surface area contributed by atoms with Gasteiger partial charge in [0, 0.05) is 37.0 Å². The molecule has 0 amide bonds. The van der Waals surface area contributed by atoms with E-state index in [1.165, 1.54) is 32.1 Å². The molecule has 0 aliphatic carbocycles. The van der Waals surface area contributed by atoms with Gasteiger partial charge < -0.3 is 14.4 Å². The van der Waals surface area contributed by atoms with Crippen LogP contribution in [0.3, 0.4) is 0 Å². The van der Waals surface area contributed by atoms with Crippen molar-refractivity contribution in [2.45, 2.75) is 12.8 Å². The van der Waals surface area contributed by atoms with Gasteiger partial charge in [-0.2, -0.15) is 0 Å². The molecule has 1 aliphatic heterocycles. The second kappa shape index (κ2) is 7.21. The SMILES string of the molecule is COC(=O)c1cc([N+](=O)[O-])ccc1Oc1cccc(N2CCCC2)c1. The first-order valence-electron chi connectivity index (χ1n) is 7.98. The molecule has 2 aromatic rings. The van der Waals surface area contributed by atoms with E-state index in [9.17, 15) is 14.9 Å². The van der Waals surface area contributed by atoms with Crippen molar-refractivity contribution in [3.8, 4) is 11.5 Å². The number of carbonyl (C=O) groups is 1. The van der Waals surface area contributed by atoms with Crippen LogP contribution >= 0.6 is 0 Å². The van der Waals surface area contributed by atoms with Gasteiger partial charge in [-0.1, -0.05) is 6.07 Å². The van der Waals surface area contributed by atoms with Gasteiger partial charge in [-0.3, -0.25) is 10.1 Å². The Morgan fingerprint density at radius 1 is 1.16 bits per heavy atom. The molecule has 130 valence electrons. The number of non-ortho nitro benzene ring substituents is 1. The highest BCUT2D eigenvalue weighted by Gasteiger charge is 2.19. The minimum Gasteiger partial charge on any atom is -0.465 e. The first-order chi connectivity index (χ1) is 12.1. The van der Waals surface area contributed by atoms with Crippen LogP contribution < -0.4 is 9.64 Å². The molecule has 0 unspecified atom stereocenters. The van der Waals surface area contributed by atoms with E-state index in [-0.39, 0.29) is 17.0 Å². The maximum absolute atomic E-state index is 11.9. The van der Waals surface area contributed by atoms with Gasteiger partial charge in [0.25, 0.3) is 5.69 Å². The van der Waals surface area contributed by atoms with Gasteiger partial charge >= 0.3 is 5.97 Å². The minimum absolute atomic E-state index is 0.0169. The third kappa shape index (κ3) is 3.71. The molecule has 0 bridgehead atoms. The Labute approximate surface area is 144 Å². The number of nitrogens with zero attached hydrogens (tertiary/aromatic N) is 2. The predicted molar refractivity (Wildman–Crippen MR) is 92.4 cm³/mol. The summed E-state index contributed by atoms with van der Waals surface area (Å²) in [5, 5.41) is 10.9. The minimum atomic E-state index is -0.686. The first kappa shape index (κ1) is 16.8. The van der Waals surface area contributed by atoms with E-state index in [2.05, 4.69) is 4.90 Å². The second-order valence-electron chi connectivity index (χ2n) is 5.72. The van der Waals surface area contributed by atoms with Crippen LogP contribution in [0.4, 0.5) is 11.4 Å². The maximum atomic E-state index is 11.9. The number of nitro groups is 1. The Balaban J connectivity index is 1.90. The molecule has 0 radical (unpaired) electrons. The molecule has 2 aromatic carbocycles. The van der Waals surface area contributed by atoms with Crippen LogP contribution in [-0.2, 0) is 4.74 Å². The van der Waals surface area contributed by atoms with E-state index in [0.29, 0.717) is 5.75 Å². The molecule has 0 spiro atoms. The van der Waals surface area contributed by atoms with Gasteiger partial charge in [-0.15, -0.1) is 0 Å². The van der Waals surface area contributed by atoms with Gasteiger partial charge in [0.05, 0.1) is 12.0 Å². The monoisotopic (exact) mass is 342 g/mol. The Bertz CT molecular complexity index is 800. The number of rotatable bonds is 5. The Kier molecular flexibility index (Phi) is 4.83. The van der Waals surface area contributed by atoms with Crippen LogP contribution in [-0.4, -0.2) is 31.1 Å². The molecule has 7 nitrogen and oxygen atoms in total. The Hall–Kier alpha value is -3.09. The Morgan fingerprint density at radius 2 is 1.92 bits per heavy atom. The van der Waals surface area contributed by atoms with Crippen molar-refractivity contribution in [2.75, 3.05) is 25.1 Å². The number of ether oxygens (including phenoxy) is 2. The number of methoxy groups -OCH3 is 1. The van der Waals surface area contributed by atoms with Crippen molar-refractivity contribution in [3.05, 3.63) is 58.1 Å². The summed E-state index contributed by atoms with van der Waals surface area (Å²) in [6.07, 6.45) is 2.33. The van der Waals surface area contributed by atoms with Crippen LogP contribution in [0.5, 0.6) is 11.5 Å². The molecule has 3 rings (SSSR count). The molecule has 0 saturated carbocycles. The largest absolute Gasteiger partial charge is 0.465 e. The lowest BCUT2D eigenvalue weighted by Gasteiger charge is -2.18. The molecular weight excluding hydrogens is 324 g/mol. The van der Waals surface area contributed by atoms with Crippen molar-refractivity contribution in [1.82, 2.24) is 0 Å². The summed E-state index contributed by atoms with van der Waals surface area (Å²) in [7, 11) is 1.22. The van der Waals surface area contributed by atoms with E-state index in [4.69, 9.17) is 9.47 Å². The molecule has 0 N–H and O–H groups in total. The summed E-state index contributed by atoms with van der Waals surface area (Å²) in [6.45, 7) is 2.02. The summed E-state index contributed by atoms with van der Waals surface area (Å²) in [6, 6.07) is 11.4. The average molecular weight is 342 g/mol. The summed E-state index contributed by atoms with van der Waals surface area (Å²) in [4.78, 5) is 24.6. The fourth-order valence-electron chi connectivity index (χ4n) is 2.84. The Morgan fingerprint density at radius 3 is 2.60 bits per heavy atom. The second-order valence-corrected chi connectivity index (χ2v) is 5.72. The third-order valence-corrected chi connectivity index (χ3v) is 4.10. The zero-order valence-electron chi connectivity index (χ0n) is 13.8. The van der Waals surface area contributed by atoms with E-state index in [1.54, 1.807) is 6.07 Å². The molecule has 0 atom stereocenters. The molecule has 0 aromatic heterocycles. The van der Waals surface area contributed by atoms with Crippen LogP contribution in [0.25, 0.3) is 0 Å². The fourth-order valence-corrected chi connectivity index (χ4v) is 2.84. The third-order valence-electron chi connectivity index (χ3n) is 4.10. The average Bonchev–Trinajstić information content (AvgIpc) is 3.16. The van der Waals surface area contributed by atoms with Gasteiger partial charge in [0.1, 0.15) is 17.1 Å². The van der Waals surface area contributed by atoms with Crippen LogP contribution in [0.2, 0.25) is 0 Å².